The quantitative estimate of drug-likeness (QED) is 0.515. The number of carboxylic acid groups (broad SMARTS) is 1. The molecule has 0 atom stereocenters. The van der Waals surface area contributed by atoms with Crippen molar-refractivity contribution < 1.29 is 24.5 Å². The maximum Gasteiger partial charge on any atom is 0.329 e. The molecule has 0 unspecified atom stereocenters. The largest absolute Gasteiger partial charge is 0.480 e. The van der Waals surface area contributed by atoms with Crippen molar-refractivity contribution in [2.45, 2.75) is 31.7 Å². The van der Waals surface area contributed by atoms with Gasteiger partial charge in [-0.1, -0.05) is 0 Å². The maximum atomic E-state index is 11.9. The fourth-order valence-corrected chi connectivity index (χ4v) is 1.88. The fourth-order valence-electron chi connectivity index (χ4n) is 1.88. The number of ether oxygens (including phenoxy) is 1. The lowest BCUT2D eigenvalue weighted by atomic mass is 9.91. The Labute approximate surface area is 112 Å². The second kappa shape index (κ2) is 8.71. The van der Waals surface area contributed by atoms with Crippen LogP contribution in [-0.4, -0.2) is 66.1 Å². The minimum atomic E-state index is -1.02. The summed E-state index contributed by atoms with van der Waals surface area (Å²) in [5.74, 6) is -1.02. The molecule has 7 heteroatoms. The summed E-state index contributed by atoms with van der Waals surface area (Å²) < 4.78 is 4.83. The number of carbonyl (C=O) groups excluding carboxylic acids is 1. The minimum absolute atomic E-state index is 0.0677. The monoisotopic (exact) mass is 274 g/mol. The van der Waals surface area contributed by atoms with Gasteiger partial charge in [-0.25, -0.2) is 9.59 Å². The Kier molecular flexibility index (Phi) is 7.20. The van der Waals surface area contributed by atoms with E-state index in [1.807, 2.05) is 0 Å². The van der Waals surface area contributed by atoms with Crippen molar-refractivity contribution in [2.75, 3.05) is 32.9 Å². The van der Waals surface area contributed by atoms with E-state index in [0.717, 1.165) is 19.3 Å². The molecule has 0 aromatic carbocycles. The number of hydrogen-bond acceptors (Lipinski definition) is 4. The highest BCUT2D eigenvalue weighted by atomic mass is 16.5. The van der Waals surface area contributed by atoms with Gasteiger partial charge in [-0.2, -0.15) is 0 Å². The number of rotatable bonds is 9. The van der Waals surface area contributed by atoms with Crippen LogP contribution in [0.25, 0.3) is 0 Å². The Bertz CT molecular complexity index is 294. The average Bonchev–Trinajstić information content (AvgIpc) is 2.30. The van der Waals surface area contributed by atoms with Crippen molar-refractivity contribution in [1.29, 1.82) is 0 Å². The third-order valence-electron chi connectivity index (χ3n) is 3.08. The van der Waals surface area contributed by atoms with Gasteiger partial charge in [-0.05, 0) is 25.7 Å². The van der Waals surface area contributed by atoms with E-state index in [1.165, 1.54) is 0 Å². The van der Waals surface area contributed by atoms with E-state index in [4.69, 9.17) is 14.9 Å². The number of hydrogen-bond donors (Lipinski definition) is 3. The molecule has 0 bridgehead atoms. The summed E-state index contributed by atoms with van der Waals surface area (Å²) in [5.41, 5.74) is 0. The first-order valence-electron chi connectivity index (χ1n) is 6.60. The third-order valence-corrected chi connectivity index (χ3v) is 3.08. The van der Waals surface area contributed by atoms with E-state index in [9.17, 15) is 9.59 Å². The average molecular weight is 274 g/mol. The zero-order valence-electron chi connectivity index (χ0n) is 11.0. The van der Waals surface area contributed by atoms with Crippen LogP contribution in [0.15, 0.2) is 0 Å². The predicted octanol–water partition coefficient (Wildman–Crippen LogP) is 0.0341. The highest BCUT2D eigenvalue weighted by Crippen LogP contribution is 2.24. The van der Waals surface area contributed by atoms with Gasteiger partial charge in [0.1, 0.15) is 6.61 Å². The van der Waals surface area contributed by atoms with Crippen LogP contribution in [0.1, 0.15) is 25.7 Å². The molecule has 3 N–H and O–H groups in total. The van der Waals surface area contributed by atoms with Crippen LogP contribution < -0.4 is 5.32 Å². The second-order valence-corrected chi connectivity index (χ2v) is 4.53. The summed E-state index contributed by atoms with van der Waals surface area (Å²) in [6, 6.07) is 0.101. The first-order chi connectivity index (χ1) is 9.15. The number of aliphatic hydroxyl groups excluding tert-OH is 1. The van der Waals surface area contributed by atoms with Crippen molar-refractivity contribution in [3.8, 4) is 0 Å². The number of nitrogens with one attached hydrogen (secondary N) is 1. The molecule has 0 aromatic heterocycles. The van der Waals surface area contributed by atoms with Gasteiger partial charge in [-0.15, -0.1) is 0 Å². The van der Waals surface area contributed by atoms with Gasteiger partial charge in [0.2, 0.25) is 0 Å². The summed E-state index contributed by atoms with van der Waals surface area (Å²) in [6.45, 7) is 0.721. The Balaban J connectivity index is 2.21. The van der Waals surface area contributed by atoms with Crippen molar-refractivity contribution in [1.82, 2.24) is 10.2 Å². The number of carbonyl (C=O) groups is 2. The van der Waals surface area contributed by atoms with Crippen LogP contribution in [0.3, 0.4) is 0 Å². The summed E-state index contributed by atoms with van der Waals surface area (Å²) in [4.78, 5) is 23.9. The second-order valence-electron chi connectivity index (χ2n) is 4.53. The Morgan fingerprint density at radius 1 is 1.37 bits per heavy atom. The molecule has 1 fully saturated rings. The van der Waals surface area contributed by atoms with Gasteiger partial charge in [0.25, 0.3) is 0 Å². The van der Waals surface area contributed by atoms with Crippen LogP contribution in [0, 0.1) is 0 Å². The Hall–Kier alpha value is -1.34. The van der Waals surface area contributed by atoms with Gasteiger partial charge in [-0.3, -0.25) is 0 Å². The summed E-state index contributed by atoms with van der Waals surface area (Å²) in [5, 5.41) is 19.9. The van der Waals surface area contributed by atoms with Crippen LogP contribution in [0.4, 0.5) is 4.79 Å². The zero-order chi connectivity index (χ0) is 14.1. The van der Waals surface area contributed by atoms with Crippen molar-refractivity contribution in [2.24, 2.45) is 0 Å². The van der Waals surface area contributed by atoms with Crippen molar-refractivity contribution >= 4 is 12.0 Å². The molecule has 1 aliphatic carbocycles. The Morgan fingerprint density at radius 3 is 2.63 bits per heavy atom. The molecule has 7 nitrogen and oxygen atoms in total. The van der Waals surface area contributed by atoms with E-state index in [2.05, 4.69) is 5.32 Å². The molecule has 1 aliphatic rings. The van der Waals surface area contributed by atoms with E-state index >= 15 is 0 Å². The molecule has 0 saturated heterocycles. The number of urea groups is 1. The number of nitrogens with zero attached hydrogens (tertiary/aromatic N) is 1. The van der Waals surface area contributed by atoms with Gasteiger partial charge in [0.15, 0.2) is 0 Å². The fraction of sp³-hybridized carbons (Fsp3) is 0.833. The highest BCUT2D eigenvalue weighted by molar-refractivity contribution is 5.74. The predicted molar refractivity (Wildman–Crippen MR) is 67.9 cm³/mol. The molecule has 1 rings (SSSR count). The lowest BCUT2D eigenvalue weighted by molar-refractivity contribution is -0.142. The van der Waals surface area contributed by atoms with Crippen molar-refractivity contribution in [3.05, 3.63) is 0 Å². The number of aliphatic carboxylic acids is 1. The summed E-state index contributed by atoms with van der Waals surface area (Å²) in [7, 11) is 0. The summed E-state index contributed by atoms with van der Waals surface area (Å²) >= 11 is 0. The van der Waals surface area contributed by atoms with Crippen LogP contribution >= 0.6 is 0 Å². The SMILES string of the molecule is O=C(O)COCCNC(=O)N(CCCO)C1CCC1. The molecule has 110 valence electrons. The summed E-state index contributed by atoms with van der Waals surface area (Å²) in [6.07, 6.45) is 3.72. The first kappa shape index (κ1) is 15.7. The smallest absolute Gasteiger partial charge is 0.329 e. The number of carboxylic acids is 1. The van der Waals surface area contributed by atoms with E-state index in [1.54, 1.807) is 4.90 Å². The molecule has 0 heterocycles. The number of amides is 2. The molecule has 0 spiro atoms. The van der Waals surface area contributed by atoms with Gasteiger partial charge < -0.3 is 25.2 Å². The van der Waals surface area contributed by atoms with E-state index in [-0.39, 0.29) is 38.4 Å². The van der Waals surface area contributed by atoms with E-state index < -0.39 is 5.97 Å². The Morgan fingerprint density at radius 2 is 2.11 bits per heavy atom. The lowest BCUT2D eigenvalue weighted by Gasteiger charge is -2.37. The topological polar surface area (TPSA) is 99.1 Å². The zero-order valence-corrected chi connectivity index (χ0v) is 11.0. The van der Waals surface area contributed by atoms with Gasteiger partial charge >= 0.3 is 12.0 Å². The molecule has 0 aliphatic heterocycles. The molecule has 19 heavy (non-hydrogen) atoms. The number of aliphatic hydroxyl groups is 1. The maximum absolute atomic E-state index is 11.9. The normalized spacial score (nSPS) is 14.8. The van der Waals surface area contributed by atoms with Crippen LogP contribution in [-0.2, 0) is 9.53 Å². The molecular weight excluding hydrogens is 252 g/mol. The lowest BCUT2D eigenvalue weighted by Crippen LogP contribution is -2.50. The highest BCUT2D eigenvalue weighted by Gasteiger charge is 2.27. The van der Waals surface area contributed by atoms with Gasteiger partial charge in [0, 0.05) is 25.7 Å². The standard InChI is InChI=1S/C12H22N2O5/c15-7-2-6-14(10-3-1-4-10)12(18)13-5-8-19-9-11(16)17/h10,15H,1-9H2,(H,13,18)(H,16,17). The van der Waals surface area contributed by atoms with Crippen molar-refractivity contribution in [3.63, 3.8) is 0 Å². The molecular formula is C12H22N2O5. The molecule has 2 amide bonds. The molecule has 1 saturated carbocycles. The van der Waals surface area contributed by atoms with Gasteiger partial charge in [0.05, 0.1) is 6.61 Å². The van der Waals surface area contributed by atoms with Crippen LogP contribution in [0.5, 0.6) is 0 Å². The van der Waals surface area contributed by atoms with E-state index in [0.29, 0.717) is 13.0 Å². The molecule has 0 radical (unpaired) electrons. The molecule has 0 aromatic rings. The third kappa shape index (κ3) is 5.89. The first-order valence-corrected chi connectivity index (χ1v) is 6.60. The van der Waals surface area contributed by atoms with Crippen LogP contribution in [0.2, 0.25) is 0 Å². The minimum Gasteiger partial charge on any atom is -0.480 e.